The van der Waals surface area contributed by atoms with E-state index in [-0.39, 0.29) is 10.3 Å². The minimum absolute atomic E-state index is 0.0852. The molecular formula is C10H15FN2O2S. The number of piperidine rings is 1. The molecule has 1 atom stereocenters. The van der Waals surface area contributed by atoms with Crippen LogP contribution in [0.3, 0.4) is 0 Å². The van der Waals surface area contributed by atoms with Crippen LogP contribution < -0.4 is 0 Å². The highest BCUT2D eigenvalue weighted by molar-refractivity contribution is 8.23. The average molecular weight is 246 g/mol. The second kappa shape index (κ2) is 4.55. The smallest absolute Gasteiger partial charge is 0.290 e. The molecule has 2 aliphatic rings. The third kappa shape index (κ3) is 2.27. The minimum atomic E-state index is -1.03. The molecule has 0 aromatic rings. The van der Waals surface area contributed by atoms with Crippen LogP contribution >= 0.6 is 10.9 Å². The van der Waals surface area contributed by atoms with Gasteiger partial charge in [0, 0.05) is 5.25 Å². The van der Waals surface area contributed by atoms with Gasteiger partial charge in [-0.3, -0.25) is 10.1 Å². The Morgan fingerprint density at radius 2 is 2.19 bits per heavy atom. The Balaban J connectivity index is 2.09. The topological polar surface area (TPSA) is 46.4 Å². The maximum atomic E-state index is 13.1. The molecule has 16 heavy (non-hydrogen) atoms. The number of hydrogen-bond donors (Lipinski definition) is 1. The van der Waals surface area contributed by atoms with E-state index in [0.29, 0.717) is 0 Å². The summed E-state index contributed by atoms with van der Waals surface area (Å²) in [6, 6.07) is 0. The lowest BCUT2D eigenvalue weighted by atomic mass is 10.1. The van der Waals surface area contributed by atoms with Crippen molar-refractivity contribution in [3.63, 3.8) is 0 Å². The van der Waals surface area contributed by atoms with Gasteiger partial charge in [-0.25, -0.2) is 4.39 Å². The molecule has 0 N–H and O–H groups in total. The quantitative estimate of drug-likeness (QED) is 0.460. The first kappa shape index (κ1) is 11.6. The maximum Gasteiger partial charge on any atom is 0.290 e. The van der Waals surface area contributed by atoms with Crippen molar-refractivity contribution in [3.05, 3.63) is 32.5 Å². The lowest BCUT2D eigenvalue weighted by Gasteiger charge is -2.32. The average Bonchev–Trinajstić information content (AvgIpc) is 2.61. The second-order valence-electron chi connectivity index (χ2n) is 4.22. The lowest BCUT2D eigenvalue weighted by Crippen LogP contribution is -2.32. The Morgan fingerprint density at radius 1 is 1.56 bits per heavy atom. The van der Waals surface area contributed by atoms with Crippen molar-refractivity contribution in [1.29, 1.82) is 0 Å². The van der Waals surface area contributed by atoms with Crippen LogP contribution in [0.5, 0.6) is 0 Å². The third-order valence-electron chi connectivity index (χ3n) is 3.06. The second-order valence-corrected chi connectivity index (χ2v) is 6.48. The summed E-state index contributed by atoms with van der Waals surface area (Å²) < 4.78 is 13.1. The van der Waals surface area contributed by atoms with Crippen molar-refractivity contribution in [3.8, 4) is 0 Å². The van der Waals surface area contributed by atoms with Gasteiger partial charge in [0.05, 0.1) is 11.0 Å². The summed E-state index contributed by atoms with van der Waals surface area (Å²) in [7, 11) is 1.01. The number of thiol groups is 1. The molecule has 2 heterocycles. The van der Waals surface area contributed by atoms with Crippen LogP contribution in [0.1, 0.15) is 12.8 Å². The van der Waals surface area contributed by atoms with E-state index in [1.165, 1.54) is 5.41 Å². The summed E-state index contributed by atoms with van der Waals surface area (Å²) in [5.74, 6) is -0.434. The van der Waals surface area contributed by atoms with Gasteiger partial charge in [-0.15, -0.1) is 10.9 Å². The molecule has 1 saturated heterocycles. The molecule has 0 bridgehead atoms. The van der Waals surface area contributed by atoms with Crippen molar-refractivity contribution in [1.82, 2.24) is 4.90 Å². The number of rotatable bonds is 2. The molecule has 1 fully saturated rings. The van der Waals surface area contributed by atoms with Crippen molar-refractivity contribution >= 4 is 10.9 Å². The van der Waals surface area contributed by atoms with Crippen LogP contribution in [-0.2, 0) is 0 Å². The standard InChI is InChI=1S/C10H15FN2O2S/c1-12-4-2-9(3-5-12)16-7-8(11)6-10(16)13(14)15/h6-7,9,16H,2-5H2,1H3. The van der Waals surface area contributed by atoms with Crippen LogP contribution in [0.15, 0.2) is 22.3 Å². The molecule has 0 saturated carbocycles. The zero-order valence-electron chi connectivity index (χ0n) is 9.10. The largest absolute Gasteiger partial charge is 0.306 e. The van der Waals surface area contributed by atoms with E-state index >= 15 is 0 Å². The predicted molar refractivity (Wildman–Crippen MR) is 63.8 cm³/mol. The first-order chi connectivity index (χ1) is 7.58. The Labute approximate surface area is 96.3 Å². The number of nitro groups is 1. The summed E-state index contributed by atoms with van der Waals surface area (Å²) in [5, 5.41) is 12.6. The van der Waals surface area contributed by atoms with E-state index in [0.717, 1.165) is 32.0 Å². The van der Waals surface area contributed by atoms with E-state index in [1.807, 2.05) is 7.05 Å². The van der Waals surface area contributed by atoms with Crippen LogP contribution in [-0.4, -0.2) is 35.2 Å². The SMILES string of the molecule is CN1CCC([SH]2C=C(F)C=C2[N+](=O)[O-])CC1. The highest BCUT2D eigenvalue weighted by Gasteiger charge is 2.33. The van der Waals surface area contributed by atoms with Gasteiger partial charge in [0.1, 0.15) is 5.83 Å². The first-order valence-electron chi connectivity index (χ1n) is 5.28. The molecule has 0 spiro atoms. The molecule has 2 aliphatic heterocycles. The predicted octanol–water partition coefficient (Wildman–Crippen LogP) is 2.02. The van der Waals surface area contributed by atoms with E-state index in [1.54, 1.807) is 0 Å². The van der Waals surface area contributed by atoms with Crippen LogP contribution in [0.25, 0.3) is 0 Å². The zero-order chi connectivity index (χ0) is 11.7. The molecule has 0 radical (unpaired) electrons. The highest BCUT2D eigenvalue weighted by atomic mass is 32.2. The molecule has 1 unspecified atom stereocenters. The molecule has 4 nitrogen and oxygen atoms in total. The number of hydrogen-bond acceptors (Lipinski definition) is 3. The molecule has 6 heteroatoms. The summed E-state index contributed by atoms with van der Waals surface area (Å²) >= 11 is 0. The number of allylic oxidation sites excluding steroid dienone is 2. The maximum absolute atomic E-state index is 13.1. The third-order valence-corrected chi connectivity index (χ3v) is 5.71. The Hall–Kier alpha value is -0.880. The minimum Gasteiger partial charge on any atom is -0.306 e. The van der Waals surface area contributed by atoms with Crippen LogP contribution in [0.4, 0.5) is 4.39 Å². The molecule has 0 amide bonds. The number of halogens is 1. The molecule has 2 rings (SSSR count). The molecule has 0 aliphatic carbocycles. The van der Waals surface area contributed by atoms with Crippen LogP contribution in [0.2, 0.25) is 0 Å². The monoisotopic (exact) mass is 246 g/mol. The van der Waals surface area contributed by atoms with Gasteiger partial charge in [-0.2, -0.15) is 0 Å². The van der Waals surface area contributed by atoms with Gasteiger partial charge in [-0.1, -0.05) is 0 Å². The number of likely N-dealkylation sites (tertiary alicyclic amines) is 1. The van der Waals surface area contributed by atoms with Crippen molar-refractivity contribution in [2.75, 3.05) is 20.1 Å². The molecule has 0 aromatic carbocycles. The Morgan fingerprint density at radius 3 is 2.75 bits per heavy atom. The molecular weight excluding hydrogens is 231 g/mol. The van der Waals surface area contributed by atoms with Gasteiger partial charge >= 0.3 is 0 Å². The normalized spacial score (nSPS) is 30.0. The fourth-order valence-electron chi connectivity index (χ4n) is 2.15. The fraction of sp³-hybridized carbons (Fsp3) is 0.600. The Kier molecular flexibility index (Phi) is 3.30. The van der Waals surface area contributed by atoms with Crippen molar-refractivity contribution in [2.24, 2.45) is 0 Å². The summed E-state index contributed by atoms with van der Waals surface area (Å²) in [6.07, 6.45) is 2.94. The van der Waals surface area contributed by atoms with E-state index in [4.69, 9.17) is 0 Å². The lowest BCUT2D eigenvalue weighted by molar-refractivity contribution is -0.410. The van der Waals surface area contributed by atoms with Gasteiger partial charge in [0.25, 0.3) is 5.03 Å². The van der Waals surface area contributed by atoms with E-state index in [2.05, 4.69) is 4.90 Å². The number of nitrogens with zero attached hydrogens (tertiary/aromatic N) is 2. The van der Waals surface area contributed by atoms with Gasteiger partial charge in [-0.05, 0) is 38.4 Å². The van der Waals surface area contributed by atoms with Gasteiger partial charge < -0.3 is 4.90 Å². The summed E-state index contributed by atoms with van der Waals surface area (Å²) in [6.45, 7) is 1.90. The summed E-state index contributed by atoms with van der Waals surface area (Å²) in [4.78, 5) is 12.6. The van der Waals surface area contributed by atoms with Crippen LogP contribution in [0, 0.1) is 10.1 Å². The van der Waals surface area contributed by atoms with E-state index in [9.17, 15) is 14.5 Å². The highest BCUT2D eigenvalue weighted by Crippen LogP contribution is 2.50. The van der Waals surface area contributed by atoms with Gasteiger partial charge in [0.15, 0.2) is 0 Å². The first-order valence-corrected chi connectivity index (χ1v) is 6.76. The summed E-state index contributed by atoms with van der Waals surface area (Å²) in [5.41, 5.74) is 0. The zero-order valence-corrected chi connectivity index (χ0v) is 9.99. The fourth-order valence-corrected chi connectivity index (χ4v) is 4.45. The Bertz CT molecular complexity index is 362. The van der Waals surface area contributed by atoms with Gasteiger partial charge in [0.2, 0.25) is 0 Å². The van der Waals surface area contributed by atoms with Crippen molar-refractivity contribution < 1.29 is 9.31 Å². The van der Waals surface area contributed by atoms with Crippen molar-refractivity contribution in [2.45, 2.75) is 18.1 Å². The molecule has 0 aromatic heterocycles. The van der Waals surface area contributed by atoms with E-state index < -0.39 is 21.6 Å². The molecule has 90 valence electrons.